The van der Waals surface area contributed by atoms with Gasteiger partial charge in [0.1, 0.15) is 5.82 Å². The third-order valence-electron chi connectivity index (χ3n) is 2.73. The fraction of sp³-hybridized carbons (Fsp3) is 0.214. The lowest BCUT2D eigenvalue weighted by Crippen LogP contribution is -2.03. The van der Waals surface area contributed by atoms with Crippen LogP contribution >= 0.6 is 11.3 Å². The Hall–Kier alpha value is -1.88. The zero-order chi connectivity index (χ0) is 13.8. The van der Waals surface area contributed by atoms with Crippen LogP contribution in [-0.4, -0.2) is 11.1 Å². The Bertz CT molecular complexity index is 595. The van der Waals surface area contributed by atoms with Crippen LogP contribution in [0.3, 0.4) is 0 Å². The second-order valence-corrected chi connectivity index (χ2v) is 5.33. The van der Waals surface area contributed by atoms with E-state index in [-0.39, 0.29) is 5.56 Å². The molecule has 2 rings (SSSR count). The van der Waals surface area contributed by atoms with Gasteiger partial charge >= 0.3 is 5.97 Å². The van der Waals surface area contributed by atoms with Crippen molar-refractivity contribution in [2.45, 2.75) is 19.9 Å². The Morgan fingerprint density at radius 3 is 2.68 bits per heavy atom. The van der Waals surface area contributed by atoms with Crippen molar-refractivity contribution >= 4 is 23.0 Å². The maximum atomic E-state index is 13.2. The molecule has 0 aliphatic carbocycles. The zero-order valence-corrected chi connectivity index (χ0v) is 11.3. The zero-order valence-electron chi connectivity index (χ0n) is 10.4. The molecule has 1 aromatic carbocycles. The Morgan fingerprint density at radius 2 is 2.05 bits per heavy atom. The quantitative estimate of drug-likeness (QED) is 0.876. The van der Waals surface area contributed by atoms with Gasteiger partial charge in [-0.25, -0.2) is 9.18 Å². The van der Waals surface area contributed by atoms with Crippen LogP contribution in [0.25, 0.3) is 0 Å². The van der Waals surface area contributed by atoms with Crippen LogP contribution in [0.15, 0.2) is 30.3 Å². The molecule has 0 unspecified atom stereocenters. The maximum absolute atomic E-state index is 13.2. The molecule has 0 amide bonds. The molecule has 0 bridgehead atoms. The molecule has 1 heterocycles. The Morgan fingerprint density at radius 1 is 1.32 bits per heavy atom. The van der Waals surface area contributed by atoms with Crippen molar-refractivity contribution in [1.29, 1.82) is 0 Å². The first-order valence-corrected chi connectivity index (χ1v) is 6.76. The van der Waals surface area contributed by atoms with Crippen molar-refractivity contribution in [1.82, 2.24) is 0 Å². The number of thiophene rings is 1. The van der Waals surface area contributed by atoms with Crippen molar-refractivity contribution in [2.24, 2.45) is 0 Å². The second kappa shape index (κ2) is 5.84. The number of carboxylic acids is 1. The van der Waals surface area contributed by atoms with Gasteiger partial charge in [-0.1, -0.05) is 6.92 Å². The number of carbonyl (C=O) groups is 1. The molecule has 1 aromatic heterocycles. The number of hydrogen-bond donors (Lipinski definition) is 2. The molecule has 0 aliphatic heterocycles. The minimum atomic E-state index is -1.26. The minimum absolute atomic E-state index is 0.314. The van der Waals surface area contributed by atoms with Crippen LogP contribution in [0.2, 0.25) is 0 Å². The van der Waals surface area contributed by atoms with Gasteiger partial charge in [0.25, 0.3) is 0 Å². The van der Waals surface area contributed by atoms with E-state index in [0.717, 1.165) is 17.4 Å². The van der Waals surface area contributed by atoms with E-state index in [9.17, 15) is 9.18 Å². The van der Waals surface area contributed by atoms with Crippen molar-refractivity contribution < 1.29 is 14.3 Å². The minimum Gasteiger partial charge on any atom is -0.478 e. The van der Waals surface area contributed by atoms with Gasteiger partial charge in [0.15, 0.2) is 0 Å². The summed E-state index contributed by atoms with van der Waals surface area (Å²) in [5.41, 5.74) is 0.288. The Balaban J connectivity index is 2.07. The Labute approximate surface area is 114 Å². The van der Waals surface area contributed by atoms with Crippen LogP contribution in [0.4, 0.5) is 10.1 Å². The van der Waals surface area contributed by atoms with E-state index in [1.165, 1.54) is 17.0 Å². The first-order valence-electron chi connectivity index (χ1n) is 5.94. The highest BCUT2D eigenvalue weighted by molar-refractivity contribution is 7.12. The summed E-state index contributed by atoms with van der Waals surface area (Å²) in [6, 6.07) is 8.13. The van der Waals surface area contributed by atoms with E-state index < -0.39 is 11.8 Å². The van der Waals surface area contributed by atoms with Gasteiger partial charge < -0.3 is 10.4 Å². The van der Waals surface area contributed by atoms with Crippen LogP contribution in [-0.2, 0) is 13.0 Å². The van der Waals surface area contributed by atoms with Gasteiger partial charge in [-0.05, 0) is 36.8 Å². The average molecular weight is 279 g/mol. The van der Waals surface area contributed by atoms with Gasteiger partial charge in [0.2, 0.25) is 0 Å². The highest BCUT2D eigenvalue weighted by Gasteiger charge is 2.10. The molecule has 0 spiro atoms. The summed E-state index contributed by atoms with van der Waals surface area (Å²) in [5.74, 6) is -1.98. The highest BCUT2D eigenvalue weighted by atomic mass is 32.1. The molecule has 0 saturated heterocycles. The van der Waals surface area contributed by atoms with Gasteiger partial charge in [-0.3, -0.25) is 0 Å². The molecule has 100 valence electrons. The number of nitrogens with one attached hydrogen (secondary N) is 1. The van der Waals surface area contributed by atoms with E-state index in [4.69, 9.17) is 5.11 Å². The first kappa shape index (κ1) is 13.5. The van der Waals surface area contributed by atoms with Gasteiger partial charge in [0, 0.05) is 22.0 Å². The number of benzene rings is 1. The molecule has 0 radical (unpaired) electrons. The van der Waals surface area contributed by atoms with Crippen LogP contribution in [0.1, 0.15) is 27.0 Å². The summed E-state index contributed by atoms with van der Waals surface area (Å²) in [7, 11) is 0. The third kappa shape index (κ3) is 3.32. The number of rotatable bonds is 5. The van der Waals surface area contributed by atoms with Crippen molar-refractivity contribution in [3.8, 4) is 0 Å². The van der Waals surface area contributed by atoms with Crippen LogP contribution < -0.4 is 5.32 Å². The van der Waals surface area contributed by atoms with Crippen LogP contribution in [0, 0.1) is 5.82 Å². The van der Waals surface area contributed by atoms with E-state index in [0.29, 0.717) is 12.2 Å². The normalized spacial score (nSPS) is 10.4. The lowest BCUT2D eigenvalue weighted by atomic mass is 10.2. The fourth-order valence-corrected chi connectivity index (χ4v) is 2.59. The molecule has 0 aliphatic rings. The monoisotopic (exact) mass is 279 g/mol. The molecule has 3 nitrogen and oxygen atoms in total. The molecule has 0 saturated carbocycles. The summed E-state index contributed by atoms with van der Waals surface area (Å²) in [4.78, 5) is 13.3. The number of anilines is 1. The summed E-state index contributed by atoms with van der Waals surface area (Å²) in [6.45, 7) is 2.71. The summed E-state index contributed by atoms with van der Waals surface area (Å²) in [6.07, 6.45) is 1.00. The maximum Gasteiger partial charge on any atom is 0.338 e. The average Bonchev–Trinajstić information content (AvgIpc) is 2.85. The SMILES string of the molecule is CCc1ccc(CNc2ccc(F)c(C(=O)O)c2)s1. The van der Waals surface area contributed by atoms with Crippen LogP contribution in [0.5, 0.6) is 0 Å². The molecular weight excluding hydrogens is 265 g/mol. The van der Waals surface area contributed by atoms with Gasteiger partial charge in [-0.15, -0.1) is 11.3 Å². The summed E-state index contributed by atoms with van der Waals surface area (Å²) < 4.78 is 13.2. The Kier molecular flexibility index (Phi) is 4.16. The molecule has 2 N–H and O–H groups in total. The third-order valence-corrected chi connectivity index (χ3v) is 3.96. The van der Waals surface area contributed by atoms with Gasteiger partial charge in [0.05, 0.1) is 5.56 Å². The molecule has 19 heavy (non-hydrogen) atoms. The number of halogens is 1. The number of carboxylic acid groups (broad SMARTS) is 1. The molecule has 5 heteroatoms. The highest BCUT2D eigenvalue weighted by Crippen LogP contribution is 2.20. The number of hydrogen-bond acceptors (Lipinski definition) is 3. The van der Waals surface area contributed by atoms with E-state index in [1.807, 2.05) is 6.07 Å². The van der Waals surface area contributed by atoms with E-state index in [1.54, 1.807) is 11.3 Å². The van der Waals surface area contributed by atoms with Crippen molar-refractivity contribution in [3.05, 3.63) is 51.5 Å². The first-order chi connectivity index (χ1) is 9.10. The fourth-order valence-electron chi connectivity index (χ4n) is 1.70. The summed E-state index contributed by atoms with van der Waals surface area (Å²) >= 11 is 1.71. The number of aromatic carboxylic acids is 1. The van der Waals surface area contributed by atoms with Crippen molar-refractivity contribution in [2.75, 3.05) is 5.32 Å². The molecule has 0 fully saturated rings. The van der Waals surface area contributed by atoms with E-state index >= 15 is 0 Å². The van der Waals surface area contributed by atoms with E-state index in [2.05, 4.69) is 18.3 Å². The molecule has 2 aromatic rings. The lowest BCUT2D eigenvalue weighted by Gasteiger charge is -2.06. The smallest absolute Gasteiger partial charge is 0.338 e. The predicted molar refractivity (Wildman–Crippen MR) is 74.4 cm³/mol. The standard InChI is InChI=1S/C14H14FNO2S/c1-2-10-4-5-11(19-10)8-16-9-3-6-13(15)12(7-9)14(17)18/h3-7,16H,2,8H2,1H3,(H,17,18). The lowest BCUT2D eigenvalue weighted by molar-refractivity contribution is 0.0692. The van der Waals surface area contributed by atoms with Gasteiger partial charge in [-0.2, -0.15) is 0 Å². The topological polar surface area (TPSA) is 49.3 Å². The second-order valence-electron chi connectivity index (χ2n) is 4.07. The van der Waals surface area contributed by atoms with Crippen molar-refractivity contribution in [3.63, 3.8) is 0 Å². The number of aryl methyl sites for hydroxylation is 1. The molecule has 0 atom stereocenters. The predicted octanol–water partition coefficient (Wildman–Crippen LogP) is 3.76. The summed E-state index contributed by atoms with van der Waals surface area (Å²) in [5, 5.41) is 11.9. The largest absolute Gasteiger partial charge is 0.478 e. The molecular formula is C14H14FNO2S.